The molecule has 1 aromatic heterocycles. The molecule has 1 aliphatic rings. The van der Waals surface area contributed by atoms with E-state index in [4.69, 9.17) is 4.74 Å². The van der Waals surface area contributed by atoms with Crippen molar-refractivity contribution in [3.05, 3.63) is 56.7 Å². The Kier molecular flexibility index (Phi) is 5.32. The van der Waals surface area contributed by atoms with Gasteiger partial charge >= 0.3 is 0 Å². The van der Waals surface area contributed by atoms with Crippen molar-refractivity contribution in [3.63, 3.8) is 0 Å². The zero-order valence-electron chi connectivity index (χ0n) is 15.8. The standard InChI is InChI=1S/C20H22N2O4S/c1-5-10-22-16(13-6-8-14(26-4)9-7-13)15(18(24)20(22)25)17(23)19-11(2)21-12(3)27-19/h6-9,16,24H,5,10H2,1-4H3. The van der Waals surface area contributed by atoms with Crippen LogP contribution in [0.1, 0.15) is 45.3 Å². The number of aryl methyl sites for hydroxylation is 2. The minimum absolute atomic E-state index is 0.116. The Bertz CT molecular complexity index is 915. The van der Waals surface area contributed by atoms with Gasteiger partial charge in [0.2, 0.25) is 5.78 Å². The topological polar surface area (TPSA) is 79.7 Å². The van der Waals surface area contributed by atoms with Crippen LogP contribution in [-0.2, 0) is 4.79 Å². The van der Waals surface area contributed by atoms with Crippen molar-refractivity contribution in [2.75, 3.05) is 13.7 Å². The zero-order chi connectivity index (χ0) is 19.7. The second-order valence-corrected chi connectivity index (χ2v) is 7.62. The number of nitrogens with zero attached hydrogens (tertiary/aromatic N) is 2. The van der Waals surface area contributed by atoms with Crippen LogP contribution in [0.4, 0.5) is 0 Å². The number of aliphatic hydroxyl groups excluding tert-OH is 1. The Balaban J connectivity index is 2.10. The van der Waals surface area contributed by atoms with Crippen LogP contribution in [0.15, 0.2) is 35.6 Å². The Labute approximate surface area is 162 Å². The predicted octanol–water partition coefficient (Wildman–Crippen LogP) is 3.76. The molecule has 1 unspecified atom stereocenters. The molecule has 1 atom stereocenters. The molecule has 2 aromatic rings. The van der Waals surface area contributed by atoms with Crippen LogP contribution in [0.5, 0.6) is 5.75 Å². The van der Waals surface area contributed by atoms with E-state index in [1.165, 1.54) is 11.3 Å². The van der Waals surface area contributed by atoms with Crippen LogP contribution in [0.2, 0.25) is 0 Å². The highest BCUT2D eigenvalue weighted by atomic mass is 32.1. The summed E-state index contributed by atoms with van der Waals surface area (Å²) in [4.78, 5) is 32.2. The monoisotopic (exact) mass is 386 g/mol. The molecule has 0 radical (unpaired) electrons. The van der Waals surface area contributed by atoms with Gasteiger partial charge in [-0.2, -0.15) is 0 Å². The van der Waals surface area contributed by atoms with Crippen LogP contribution in [0, 0.1) is 13.8 Å². The number of aliphatic hydroxyl groups is 1. The number of carbonyl (C=O) groups is 2. The molecule has 3 rings (SSSR count). The lowest BCUT2D eigenvalue weighted by Gasteiger charge is -2.26. The summed E-state index contributed by atoms with van der Waals surface area (Å²) in [6.07, 6.45) is 0.714. The summed E-state index contributed by atoms with van der Waals surface area (Å²) >= 11 is 1.27. The van der Waals surface area contributed by atoms with Crippen molar-refractivity contribution in [1.82, 2.24) is 9.88 Å². The third-order valence-electron chi connectivity index (χ3n) is 4.55. The van der Waals surface area contributed by atoms with Gasteiger partial charge in [-0.3, -0.25) is 9.59 Å². The Morgan fingerprint density at radius 1 is 1.30 bits per heavy atom. The zero-order valence-corrected chi connectivity index (χ0v) is 16.6. The van der Waals surface area contributed by atoms with E-state index < -0.39 is 17.7 Å². The average Bonchev–Trinajstić information content (AvgIpc) is 3.12. The second kappa shape index (κ2) is 7.52. The number of amides is 1. The van der Waals surface area contributed by atoms with Crippen LogP contribution in [0.25, 0.3) is 0 Å². The molecule has 6 nitrogen and oxygen atoms in total. The highest BCUT2D eigenvalue weighted by Gasteiger charge is 2.44. The molecule has 142 valence electrons. The normalized spacial score (nSPS) is 17.0. The minimum Gasteiger partial charge on any atom is -0.503 e. The maximum atomic E-state index is 13.2. The summed E-state index contributed by atoms with van der Waals surface area (Å²) in [6.45, 7) is 5.98. The number of ether oxygens (including phenoxy) is 1. The van der Waals surface area contributed by atoms with Crippen molar-refractivity contribution >= 4 is 23.0 Å². The maximum Gasteiger partial charge on any atom is 0.290 e. The van der Waals surface area contributed by atoms with Gasteiger partial charge in [0, 0.05) is 6.54 Å². The summed E-state index contributed by atoms with van der Waals surface area (Å²) in [5.74, 6) is -0.650. The smallest absolute Gasteiger partial charge is 0.290 e. The van der Waals surface area contributed by atoms with Crippen molar-refractivity contribution in [2.24, 2.45) is 0 Å². The van der Waals surface area contributed by atoms with Crippen LogP contribution in [0.3, 0.4) is 0 Å². The van der Waals surface area contributed by atoms with E-state index >= 15 is 0 Å². The van der Waals surface area contributed by atoms with Crippen molar-refractivity contribution in [3.8, 4) is 5.75 Å². The van der Waals surface area contributed by atoms with Crippen LogP contribution in [-0.4, -0.2) is 40.3 Å². The molecule has 7 heteroatoms. The third kappa shape index (κ3) is 3.35. The van der Waals surface area contributed by atoms with E-state index in [1.54, 1.807) is 31.1 Å². The lowest BCUT2D eigenvalue weighted by Crippen LogP contribution is -2.31. The maximum absolute atomic E-state index is 13.2. The molecule has 0 saturated heterocycles. The number of ketones is 1. The summed E-state index contributed by atoms with van der Waals surface area (Å²) in [5, 5.41) is 11.3. The molecule has 0 aliphatic carbocycles. The number of Topliss-reactive ketones (excluding diaryl/α,β-unsaturated/α-hetero) is 1. The fourth-order valence-electron chi connectivity index (χ4n) is 3.35. The summed E-state index contributed by atoms with van der Waals surface area (Å²) in [6, 6.07) is 6.57. The predicted molar refractivity (Wildman–Crippen MR) is 103 cm³/mol. The van der Waals surface area contributed by atoms with Crippen molar-refractivity contribution in [1.29, 1.82) is 0 Å². The molecule has 0 bridgehead atoms. The van der Waals surface area contributed by atoms with E-state index in [2.05, 4.69) is 4.98 Å². The summed E-state index contributed by atoms with van der Waals surface area (Å²) in [5.41, 5.74) is 1.48. The van der Waals surface area contributed by atoms with E-state index in [0.29, 0.717) is 29.3 Å². The number of methoxy groups -OCH3 is 1. The molecule has 27 heavy (non-hydrogen) atoms. The fraction of sp³-hybridized carbons (Fsp3) is 0.350. The number of hydrogen-bond donors (Lipinski definition) is 1. The second-order valence-electron chi connectivity index (χ2n) is 6.41. The van der Waals surface area contributed by atoms with Gasteiger partial charge in [0.1, 0.15) is 5.75 Å². The summed E-state index contributed by atoms with van der Waals surface area (Å²) < 4.78 is 5.20. The van der Waals surface area contributed by atoms with E-state index in [0.717, 1.165) is 10.6 Å². The first-order chi connectivity index (χ1) is 12.9. The van der Waals surface area contributed by atoms with Gasteiger partial charge in [0.15, 0.2) is 5.76 Å². The molecular formula is C20H22N2O4S. The number of hydrogen-bond acceptors (Lipinski definition) is 6. The van der Waals surface area contributed by atoms with Gasteiger partial charge < -0.3 is 14.7 Å². The van der Waals surface area contributed by atoms with Crippen LogP contribution >= 0.6 is 11.3 Å². The molecule has 2 heterocycles. The molecule has 1 aromatic carbocycles. The SMILES string of the molecule is CCCN1C(=O)C(O)=C(C(=O)c2sc(C)nc2C)C1c1ccc(OC)cc1. The number of carbonyl (C=O) groups excluding carboxylic acids is 2. The molecule has 0 saturated carbocycles. The minimum atomic E-state index is -0.627. The highest BCUT2D eigenvalue weighted by molar-refractivity contribution is 7.14. The van der Waals surface area contributed by atoms with E-state index in [1.807, 2.05) is 26.0 Å². The molecule has 1 amide bonds. The van der Waals surface area contributed by atoms with Gasteiger partial charge in [-0.1, -0.05) is 19.1 Å². The number of thiazole rings is 1. The lowest BCUT2D eigenvalue weighted by molar-refractivity contribution is -0.129. The van der Waals surface area contributed by atoms with Gasteiger partial charge in [0.25, 0.3) is 5.91 Å². The van der Waals surface area contributed by atoms with Gasteiger partial charge in [0.05, 0.1) is 34.3 Å². The lowest BCUT2D eigenvalue weighted by atomic mass is 9.95. The quantitative estimate of drug-likeness (QED) is 0.765. The third-order valence-corrected chi connectivity index (χ3v) is 5.63. The first-order valence-corrected chi connectivity index (χ1v) is 9.57. The summed E-state index contributed by atoms with van der Waals surface area (Å²) in [7, 11) is 1.58. The first kappa shape index (κ1) is 19.1. The van der Waals surface area contributed by atoms with Crippen LogP contribution < -0.4 is 4.74 Å². The van der Waals surface area contributed by atoms with E-state index in [-0.39, 0.29) is 11.4 Å². The van der Waals surface area contributed by atoms with Crippen molar-refractivity contribution < 1.29 is 19.4 Å². The Morgan fingerprint density at radius 2 is 1.96 bits per heavy atom. The van der Waals surface area contributed by atoms with E-state index in [9.17, 15) is 14.7 Å². The average molecular weight is 386 g/mol. The number of rotatable bonds is 6. The number of aromatic nitrogens is 1. The molecule has 0 fully saturated rings. The first-order valence-electron chi connectivity index (χ1n) is 8.75. The van der Waals surface area contributed by atoms with Crippen molar-refractivity contribution in [2.45, 2.75) is 33.2 Å². The Morgan fingerprint density at radius 3 is 2.48 bits per heavy atom. The molecule has 1 aliphatic heterocycles. The van der Waals surface area contributed by atoms with Gasteiger partial charge in [-0.05, 0) is 38.0 Å². The fourth-order valence-corrected chi connectivity index (χ4v) is 4.23. The molecule has 0 spiro atoms. The highest BCUT2D eigenvalue weighted by Crippen LogP contribution is 2.40. The molecular weight excluding hydrogens is 364 g/mol. The van der Waals surface area contributed by atoms with Gasteiger partial charge in [-0.25, -0.2) is 4.98 Å². The Hall–Kier alpha value is -2.67. The molecule has 1 N–H and O–H groups in total. The largest absolute Gasteiger partial charge is 0.503 e. The van der Waals surface area contributed by atoms with Gasteiger partial charge in [-0.15, -0.1) is 11.3 Å². The number of benzene rings is 1.